The number of nitrogens with one attached hydrogen (secondary N) is 1. The van der Waals surface area contributed by atoms with Crippen LogP contribution in [0.3, 0.4) is 0 Å². The van der Waals surface area contributed by atoms with Gasteiger partial charge in [0.15, 0.2) is 4.91 Å². The first-order chi connectivity index (χ1) is 12.1. The highest BCUT2D eigenvalue weighted by molar-refractivity contribution is 7.95. The van der Waals surface area contributed by atoms with Crippen molar-refractivity contribution in [3.63, 3.8) is 0 Å². The number of rotatable bonds is 4. The van der Waals surface area contributed by atoms with Crippen LogP contribution in [0.1, 0.15) is 33.3 Å². The SMILES string of the molecule is C=CC(=C(C#N)S(=O)(=O)c1ccc(C(C)(C)C)cc1)N1CCNC(C)C1. The molecule has 1 saturated heterocycles. The van der Waals surface area contributed by atoms with Crippen LogP contribution in [0.4, 0.5) is 0 Å². The summed E-state index contributed by atoms with van der Waals surface area (Å²) < 4.78 is 26.2. The number of hydrogen-bond donors (Lipinski definition) is 1. The van der Waals surface area contributed by atoms with Gasteiger partial charge in [-0.15, -0.1) is 0 Å². The van der Waals surface area contributed by atoms with E-state index < -0.39 is 9.84 Å². The lowest BCUT2D eigenvalue weighted by Crippen LogP contribution is -2.48. The van der Waals surface area contributed by atoms with E-state index in [2.05, 4.69) is 32.7 Å². The summed E-state index contributed by atoms with van der Waals surface area (Å²) in [6.07, 6.45) is 1.47. The van der Waals surface area contributed by atoms with E-state index in [1.807, 2.05) is 30.0 Å². The predicted octanol–water partition coefficient (Wildman–Crippen LogP) is 2.97. The van der Waals surface area contributed by atoms with Gasteiger partial charge in [-0.05, 0) is 36.1 Å². The Morgan fingerprint density at radius 2 is 1.96 bits per heavy atom. The number of benzene rings is 1. The van der Waals surface area contributed by atoms with Gasteiger partial charge >= 0.3 is 0 Å². The molecule has 5 nitrogen and oxygen atoms in total. The minimum absolute atomic E-state index is 0.0700. The number of piperazine rings is 1. The molecular formula is C20H27N3O2S. The van der Waals surface area contributed by atoms with Gasteiger partial charge in [-0.2, -0.15) is 5.26 Å². The Morgan fingerprint density at radius 3 is 2.42 bits per heavy atom. The Balaban J connectivity index is 2.49. The van der Waals surface area contributed by atoms with Crippen LogP contribution in [0.5, 0.6) is 0 Å². The summed E-state index contributed by atoms with van der Waals surface area (Å²) in [5, 5.41) is 12.9. The fourth-order valence-electron chi connectivity index (χ4n) is 3.02. The van der Waals surface area contributed by atoms with Crippen LogP contribution in [0.15, 0.2) is 52.4 Å². The van der Waals surface area contributed by atoms with E-state index in [-0.39, 0.29) is 21.3 Å². The van der Waals surface area contributed by atoms with E-state index in [1.165, 1.54) is 6.08 Å². The topological polar surface area (TPSA) is 73.2 Å². The van der Waals surface area contributed by atoms with Crippen molar-refractivity contribution in [3.05, 3.63) is 53.1 Å². The largest absolute Gasteiger partial charge is 0.367 e. The maximum absolute atomic E-state index is 13.1. The van der Waals surface area contributed by atoms with Crippen LogP contribution in [-0.4, -0.2) is 39.0 Å². The van der Waals surface area contributed by atoms with Gasteiger partial charge < -0.3 is 10.2 Å². The van der Waals surface area contributed by atoms with Gasteiger partial charge in [-0.1, -0.05) is 39.5 Å². The van der Waals surface area contributed by atoms with Crippen LogP contribution < -0.4 is 5.32 Å². The number of allylic oxidation sites excluding steroid dienone is 2. The maximum Gasteiger partial charge on any atom is 0.218 e. The van der Waals surface area contributed by atoms with Crippen molar-refractivity contribution in [2.75, 3.05) is 19.6 Å². The van der Waals surface area contributed by atoms with Gasteiger partial charge in [0.2, 0.25) is 9.84 Å². The molecule has 0 aliphatic carbocycles. The molecule has 1 aliphatic rings. The molecular weight excluding hydrogens is 346 g/mol. The zero-order chi connectivity index (χ0) is 19.5. The van der Waals surface area contributed by atoms with E-state index >= 15 is 0 Å². The number of sulfone groups is 1. The third kappa shape index (κ3) is 4.17. The first-order valence-electron chi connectivity index (χ1n) is 8.72. The molecule has 1 unspecified atom stereocenters. The number of nitriles is 1. The molecule has 1 aromatic rings. The lowest BCUT2D eigenvalue weighted by molar-refractivity contribution is 0.262. The summed E-state index contributed by atoms with van der Waals surface area (Å²) in [5.41, 5.74) is 1.35. The molecule has 0 radical (unpaired) electrons. The molecule has 6 heteroatoms. The molecule has 1 heterocycles. The summed E-state index contributed by atoms with van der Waals surface area (Å²) in [6, 6.07) is 8.89. The Morgan fingerprint density at radius 1 is 1.35 bits per heavy atom. The maximum atomic E-state index is 13.1. The van der Waals surface area contributed by atoms with Gasteiger partial charge in [-0.25, -0.2) is 8.42 Å². The molecule has 1 aromatic carbocycles. The fraction of sp³-hybridized carbons (Fsp3) is 0.450. The smallest absolute Gasteiger partial charge is 0.218 e. The van der Waals surface area contributed by atoms with E-state index in [4.69, 9.17) is 0 Å². The van der Waals surface area contributed by atoms with E-state index in [0.717, 1.165) is 12.1 Å². The Kier molecular flexibility index (Phi) is 5.94. The molecule has 1 aliphatic heterocycles. The van der Waals surface area contributed by atoms with Gasteiger partial charge in [0.25, 0.3) is 0 Å². The standard InChI is InChI=1S/C20H27N3O2S/c1-6-18(23-12-11-22-15(2)14-23)19(13-21)26(24,25)17-9-7-16(8-10-17)20(3,4)5/h6-10,15,22H,1,11-12,14H2,2-5H3. The van der Waals surface area contributed by atoms with Crippen molar-refractivity contribution >= 4 is 9.84 Å². The highest BCUT2D eigenvalue weighted by Gasteiger charge is 2.28. The zero-order valence-electron chi connectivity index (χ0n) is 15.9. The molecule has 2 rings (SSSR count). The lowest BCUT2D eigenvalue weighted by atomic mass is 9.87. The predicted molar refractivity (Wildman–Crippen MR) is 104 cm³/mol. The van der Waals surface area contributed by atoms with Crippen molar-refractivity contribution in [3.8, 4) is 6.07 Å². The van der Waals surface area contributed by atoms with E-state index in [0.29, 0.717) is 18.8 Å². The summed E-state index contributed by atoms with van der Waals surface area (Å²) in [6.45, 7) is 14.0. The van der Waals surface area contributed by atoms with Crippen LogP contribution >= 0.6 is 0 Å². The molecule has 1 atom stereocenters. The normalized spacial score (nSPS) is 19.5. The van der Waals surface area contributed by atoms with E-state index in [1.54, 1.807) is 12.1 Å². The van der Waals surface area contributed by atoms with Gasteiger partial charge in [-0.3, -0.25) is 0 Å². The van der Waals surface area contributed by atoms with E-state index in [9.17, 15) is 13.7 Å². The first-order valence-corrected chi connectivity index (χ1v) is 10.2. The third-order valence-corrected chi connectivity index (χ3v) is 6.27. The Hall–Kier alpha value is -2.10. The van der Waals surface area contributed by atoms with Gasteiger partial charge in [0, 0.05) is 25.7 Å². The summed E-state index contributed by atoms with van der Waals surface area (Å²) in [7, 11) is -3.91. The lowest BCUT2D eigenvalue weighted by Gasteiger charge is -2.34. The van der Waals surface area contributed by atoms with Gasteiger partial charge in [0.05, 0.1) is 10.6 Å². The molecule has 0 bridgehead atoms. The molecule has 0 amide bonds. The van der Waals surface area contributed by atoms with Crippen molar-refractivity contribution in [2.45, 2.75) is 44.0 Å². The molecule has 0 spiro atoms. The average molecular weight is 374 g/mol. The minimum atomic E-state index is -3.91. The summed E-state index contributed by atoms with van der Waals surface area (Å²) >= 11 is 0. The quantitative estimate of drug-likeness (QED) is 0.649. The second-order valence-corrected chi connectivity index (χ2v) is 9.50. The third-order valence-electron chi connectivity index (χ3n) is 4.54. The summed E-state index contributed by atoms with van der Waals surface area (Å²) in [4.78, 5) is 1.79. The molecule has 0 saturated carbocycles. The van der Waals surface area contributed by atoms with Crippen molar-refractivity contribution in [1.29, 1.82) is 5.26 Å². The Labute approximate surface area is 156 Å². The Bertz CT molecular complexity index is 841. The number of hydrogen-bond acceptors (Lipinski definition) is 5. The number of nitrogens with zero attached hydrogens (tertiary/aromatic N) is 2. The second-order valence-electron chi connectivity index (χ2n) is 7.61. The van der Waals surface area contributed by atoms with Gasteiger partial charge in [0.1, 0.15) is 6.07 Å². The minimum Gasteiger partial charge on any atom is -0.367 e. The van der Waals surface area contributed by atoms with Crippen LogP contribution in [0, 0.1) is 11.3 Å². The van der Waals surface area contributed by atoms with Crippen LogP contribution in [0.2, 0.25) is 0 Å². The fourth-order valence-corrected chi connectivity index (χ4v) is 4.36. The molecule has 1 N–H and O–H groups in total. The average Bonchev–Trinajstić information content (AvgIpc) is 2.58. The molecule has 140 valence electrons. The monoisotopic (exact) mass is 373 g/mol. The van der Waals surface area contributed by atoms with Crippen LogP contribution in [0.25, 0.3) is 0 Å². The highest BCUT2D eigenvalue weighted by Crippen LogP contribution is 2.28. The zero-order valence-corrected chi connectivity index (χ0v) is 16.7. The van der Waals surface area contributed by atoms with Crippen molar-refractivity contribution in [1.82, 2.24) is 10.2 Å². The summed E-state index contributed by atoms with van der Waals surface area (Å²) in [5.74, 6) is 0. The second kappa shape index (κ2) is 7.65. The van der Waals surface area contributed by atoms with Crippen molar-refractivity contribution in [2.24, 2.45) is 0 Å². The van der Waals surface area contributed by atoms with Crippen LogP contribution in [-0.2, 0) is 15.3 Å². The highest BCUT2D eigenvalue weighted by atomic mass is 32.2. The molecule has 0 aromatic heterocycles. The molecule has 1 fully saturated rings. The first kappa shape index (κ1) is 20.2. The van der Waals surface area contributed by atoms with Crippen molar-refractivity contribution < 1.29 is 8.42 Å². The molecule has 26 heavy (non-hydrogen) atoms.